The molecule has 18 heavy (non-hydrogen) atoms. The van der Waals surface area contributed by atoms with Gasteiger partial charge in [-0.25, -0.2) is 9.78 Å². The van der Waals surface area contributed by atoms with Crippen LogP contribution in [-0.2, 0) is 4.74 Å². The standard InChI is InChI=1S/C13H17FN2O2/c1-13(2,3)18-12(17)15-8-4-5-10-6-7-11(14)16-9-10/h4-7,9H,8H2,1-3H3,(H,15,17). The molecule has 0 radical (unpaired) electrons. The molecular formula is C13H17FN2O2. The lowest BCUT2D eigenvalue weighted by Crippen LogP contribution is -2.32. The highest BCUT2D eigenvalue weighted by molar-refractivity contribution is 5.68. The Labute approximate surface area is 106 Å². The van der Waals surface area contributed by atoms with Gasteiger partial charge < -0.3 is 10.1 Å². The van der Waals surface area contributed by atoms with Gasteiger partial charge in [-0.05, 0) is 38.5 Å². The van der Waals surface area contributed by atoms with Gasteiger partial charge in [0.2, 0.25) is 5.95 Å². The van der Waals surface area contributed by atoms with E-state index in [4.69, 9.17) is 4.74 Å². The molecule has 1 rings (SSSR count). The van der Waals surface area contributed by atoms with Crippen LogP contribution in [0.2, 0.25) is 0 Å². The van der Waals surface area contributed by atoms with Crippen LogP contribution in [-0.4, -0.2) is 23.2 Å². The number of carbonyl (C=O) groups excluding carboxylic acids is 1. The topological polar surface area (TPSA) is 51.2 Å². The number of ether oxygens (including phenoxy) is 1. The molecule has 0 aliphatic rings. The summed E-state index contributed by atoms with van der Waals surface area (Å²) >= 11 is 0. The third-order valence-electron chi connectivity index (χ3n) is 1.82. The lowest BCUT2D eigenvalue weighted by molar-refractivity contribution is 0.0534. The molecule has 98 valence electrons. The van der Waals surface area contributed by atoms with Gasteiger partial charge in [-0.3, -0.25) is 0 Å². The smallest absolute Gasteiger partial charge is 0.407 e. The molecule has 0 aromatic carbocycles. The number of carbonyl (C=O) groups is 1. The fourth-order valence-electron chi connectivity index (χ4n) is 1.14. The summed E-state index contributed by atoms with van der Waals surface area (Å²) in [5.74, 6) is -0.515. The van der Waals surface area contributed by atoms with Gasteiger partial charge in [-0.15, -0.1) is 0 Å². The Morgan fingerprint density at radius 1 is 1.50 bits per heavy atom. The molecule has 1 heterocycles. The minimum atomic E-state index is -0.515. The molecule has 1 aromatic heterocycles. The van der Waals surface area contributed by atoms with Crippen LogP contribution in [0.5, 0.6) is 0 Å². The van der Waals surface area contributed by atoms with E-state index >= 15 is 0 Å². The van der Waals surface area contributed by atoms with Crippen molar-refractivity contribution in [3.63, 3.8) is 0 Å². The highest BCUT2D eigenvalue weighted by Crippen LogP contribution is 2.06. The van der Waals surface area contributed by atoms with Gasteiger partial charge in [-0.2, -0.15) is 4.39 Å². The number of halogens is 1. The molecule has 0 atom stereocenters. The van der Waals surface area contributed by atoms with Crippen molar-refractivity contribution in [1.82, 2.24) is 10.3 Å². The highest BCUT2D eigenvalue weighted by Gasteiger charge is 2.14. The van der Waals surface area contributed by atoms with Crippen molar-refractivity contribution < 1.29 is 13.9 Å². The molecule has 0 fully saturated rings. The molecule has 0 spiro atoms. The summed E-state index contributed by atoms with van der Waals surface area (Å²) in [6.45, 7) is 5.73. The van der Waals surface area contributed by atoms with E-state index < -0.39 is 17.6 Å². The summed E-state index contributed by atoms with van der Waals surface area (Å²) in [5, 5.41) is 2.58. The molecule has 0 aliphatic carbocycles. The molecule has 4 nitrogen and oxygen atoms in total. The lowest BCUT2D eigenvalue weighted by Gasteiger charge is -2.19. The minimum Gasteiger partial charge on any atom is -0.444 e. The van der Waals surface area contributed by atoms with Crippen LogP contribution in [0.15, 0.2) is 24.4 Å². The molecule has 0 aliphatic heterocycles. The second-order valence-electron chi connectivity index (χ2n) is 4.70. The van der Waals surface area contributed by atoms with E-state index in [-0.39, 0.29) is 0 Å². The maximum atomic E-state index is 12.5. The summed E-state index contributed by atoms with van der Waals surface area (Å²) in [6.07, 6.45) is 4.42. The van der Waals surface area contributed by atoms with Gasteiger partial charge in [0.1, 0.15) is 5.60 Å². The van der Waals surface area contributed by atoms with Crippen LogP contribution < -0.4 is 5.32 Å². The molecule has 5 heteroatoms. The number of nitrogens with one attached hydrogen (secondary N) is 1. The molecule has 0 unspecified atom stereocenters. The van der Waals surface area contributed by atoms with E-state index in [9.17, 15) is 9.18 Å². The number of rotatable bonds is 3. The van der Waals surface area contributed by atoms with Crippen molar-refractivity contribution in [2.24, 2.45) is 0 Å². The Morgan fingerprint density at radius 2 is 2.22 bits per heavy atom. The van der Waals surface area contributed by atoms with Gasteiger partial charge in [-0.1, -0.05) is 12.2 Å². The van der Waals surface area contributed by atoms with Crippen LogP contribution >= 0.6 is 0 Å². The Balaban J connectivity index is 2.33. The van der Waals surface area contributed by atoms with E-state index in [1.807, 2.05) is 0 Å². The molecule has 0 bridgehead atoms. The Hall–Kier alpha value is -1.91. The fraction of sp³-hybridized carbons (Fsp3) is 0.385. The molecule has 0 saturated heterocycles. The van der Waals surface area contributed by atoms with E-state index in [2.05, 4.69) is 10.3 Å². The number of pyridine rings is 1. The van der Waals surface area contributed by atoms with Crippen LogP contribution in [0, 0.1) is 5.95 Å². The summed E-state index contributed by atoms with van der Waals surface area (Å²) < 4.78 is 17.6. The van der Waals surface area contributed by atoms with Crippen molar-refractivity contribution in [3.8, 4) is 0 Å². The van der Waals surface area contributed by atoms with Gasteiger partial charge in [0.15, 0.2) is 0 Å². The average Bonchev–Trinajstić information content (AvgIpc) is 2.24. The first kappa shape index (κ1) is 14.2. The van der Waals surface area contributed by atoms with Crippen molar-refractivity contribution in [3.05, 3.63) is 35.9 Å². The van der Waals surface area contributed by atoms with Gasteiger partial charge in [0, 0.05) is 12.7 Å². The second-order valence-corrected chi connectivity index (χ2v) is 4.70. The third kappa shape index (κ3) is 5.98. The number of aromatic nitrogens is 1. The normalized spacial score (nSPS) is 11.6. The Morgan fingerprint density at radius 3 is 2.78 bits per heavy atom. The molecule has 1 amide bonds. The zero-order valence-corrected chi connectivity index (χ0v) is 10.7. The van der Waals surface area contributed by atoms with Crippen LogP contribution in [0.25, 0.3) is 6.08 Å². The predicted octanol–water partition coefficient (Wildman–Crippen LogP) is 2.76. The number of amides is 1. The van der Waals surface area contributed by atoms with E-state index in [0.717, 1.165) is 5.56 Å². The summed E-state index contributed by atoms with van der Waals surface area (Å²) in [5.41, 5.74) is 0.261. The summed E-state index contributed by atoms with van der Waals surface area (Å²) in [4.78, 5) is 14.8. The van der Waals surface area contributed by atoms with E-state index in [1.165, 1.54) is 12.3 Å². The van der Waals surface area contributed by atoms with Gasteiger partial charge >= 0.3 is 6.09 Å². The second kappa shape index (κ2) is 6.14. The van der Waals surface area contributed by atoms with Crippen molar-refractivity contribution in [2.45, 2.75) is 26.4 Å². The first-order valence-corrected chi connectivity index (χ1v) is 5.62. The fourth-order valence-corrected chi connectivity index (χ4v) is 1.14. The first-order valence-electron chi connectivity index (χ1n) is 5.62. The molecular weight excluding hydrogens is 235 g/mol. The predicted molar refractivity (Wildman–Crippen MR) is 67.5 cm³/mol. The quantitative estimate of drug-likeness (QED) is 0.841. The average molecular weight is 252 g/mol. The zero-order valence-electron chi connectivity index (χ0n) is 10.7. The summed E-state index contributed by atoms with van der Waals surface area (Å²) in [6, 6.07) is 2.88. The van der Waals surface area contributed by atoms with Crippen LogP contribution in [0.4, 0.5) is 9.18 Å². The van der Waals surface area contributed by atoms with Crippen LogP contribution in [0.1, 0.15) is 26.3 Å². The molecule has 1 aromatic rings. The number of hydrogen-bond acceptors (Lipinski definition) is 3. The van der Waals surface area contributed by atoms with Gasteiger partial charge in [0.05, 0.1) is 0 Å². The minimum absolute atomic E-state index is 0.340. The monoisotopic (exact) mass is 252 g/mol. The Bertz CT molecular complexity index is 422. The number of nitrogens with zero attached hydrogens (tertiary/aromatic N) is 1. The van der Waals surface area contributed by atoms with Crippen molar-refractivity contribution >= 4 is 12.2 Å². The van der Waals surface area contributed by atoms with Crippen molar-refractivity contribution in [2.75, 3.05) is 6.54 Å². The van der Waals surface area contributed by atoms with E-state index in [0.29, 0.717) is 6.54 Å². The highest BCUT2D eigenvalue weighted by atomic mass is 19.1. The maximum absolute atomic E-state index is 12.5. The zero-order chi connectivity index (χ0) is 13.6. The lowest BCUT2D eigenvalue weighted by atomic mass is 10.2. The SMILES string of the molecule is CC(C)(C)OC(=O)NCC=Cc1ccc(F)nc1. The number of alkyl carbamates (subject to hydrolysis) is 1. The maximum Gasteiger partial charge on any atom is 0.407 e. The van der Waals surface area contributed by atoms with E-state index in [1.54, 1.807) is 39.0 Å². The Kier molecular flexibility index (Phi) is 4.83. The third-order valence-corrected chi connectivity index (χ3v) is 1.82. The van der Waals surface area contributed by atoms with Crippen molar-refractivity contribution in [1.29, 1.82) is 0 Å². The first-order chi connectivity index (χ1) is 8.37. The van der Waals surface area contributed by atoms with Gasteiger partial charge in [0.25, 0.3) is 0 Å². The summed E-state index contributed by atoms with van der Waals surface area (Å²) in [7, 11) is 0. The van der Waals surface area contributed by atoms with Crippen LogP contribution in [0.3, 0.4) is 0 Å². The molecule has 0 saturated carbocycles. The molecule has 1 N–H and O–H groups in total. The largest absolute Gasteiger partial charge is 0.444 e. The number of hydrogen-bond donors (Lipinski definition) is 1.